The summed E-state index contributed by atoms with van der Waals surface area (Å²) < 4.78 is 37.6. The average Bonchev–Trinajstić information content (AvgIpc) is 3.51. The third kappa shape index (κ3) is 4.27. The predicted molar refractivity (Wildman–Crippen MR) is 154 cm³/mol. The number of anilines is 2. The number of para-hydroxylation sites is 1. The van der Waals surface area contributed by atoms with Gasteiger partial charge in [-0.1, -0.05) is 6.07 Å². The second kappa shape index (κ2) is 9.58. The molecule has 3 aliphatic rings. The maximum Gasteiger partial charge on any atom is 0.341 e. The van der Waals surface area contributed by atoms with Crippen LogP contribution in [-0.2, 0) is 21.4 Å². The summed E-state index contributed by atoms with van der Waals surface area (Å²) in [5, 5.41) is 9.92. The normalized spacial score (nSPS) is 17.9. The number of sulfonamides is 1. The fourth-order valence-electron chi connectivity index (χ4n) is 5.75. The molecule has 3 heterocycles. The molecule has 1 saturated carbocycles. The minimum absolute atomic E-state index is 0.0950. The molecule has 1 aliphatic heterocycles. The van der Waals surface area contributed by atoms with Crippen LogP contribution in [-0.4, -0.2) is 31.2 Å². The molecule has 1 unspecified atom stereocenters. The molecule has 2 aromatic carbocycles. The third-order valence-electron chi connectivity index (χ3n) is 7.83. The minimum atomic E-state index is -3.89. The van der Waals surface area contributed by atoms with E-state index in [1.54, 1.807) is 42.7 Å². The van der Waals surface area contributed by atoms with Crippen molar-refractivity contribution in [1.29, 1.82) is 0 Å². The summed E-state index contributed by atoms with van der Waals surface area (Å²) in [4.78, 5) is 31.9. The molecule has 13 heteroatoms. The monoisotopic (exact) mass is 594 g/mol. The van der Waals surface area contributed by atoms with Gasteiger partial charge in [-0.3, -0.25) is 4.79 Å². The number of nitrogens with zero attached hydrogens (tertiary/aromatic N) is 1. The van der Waals surface area contributed by atoms with Crippen LogP contribution in [0.25, 0.3) is 21.3 Å². The summed E-state index contributed by atoms with van der Waals surface area (Å²) in [5.41, 5.74) is 7.61. The zero-order valence-corrected chi connectivity index (χ0v) is 23.5. The van der Waals surface area contributed by atoms with Gasteiger partial charge in [0.05, 0.1) is 23.7 Å². The molecule has 41 heavy (non-hydrogen) atoms. The highest BCUT2D eigenvalue weighted by molar-refractivity contribution is 7.89. The molecule has 4 N–H and O–H groups in total. The summed E-state index contributed by atoms with van der Waals surface area (Å²) in [7, 11) is -2.35. The quantitative estimate of drug-likeness (QED) is 0.237. The number of pyridine rings is 1. The Morgan fingerprint density at radius 3 is 2.78 bits per heavy atom. The number of methoxy groups -OCH3 is 1. The van der Waals surface area contributed by atoms with Crippen LogP contribution in [0.15, 0.2) is 52.3 Å². The number of carboxylic acids is 1. The van der Waals surface area contributed by atoms with Gasteiger partial charge in [-0.15, -0.1) is 11.3 Å². The molecular weight excluding hydrogens is 568 g/mol. The number of carboxylic acid groups (broad SMARTS) is 1. The van der Waals surface area contributed by atoms with E-state index >= 15 is 0 Å². The maximum atomic E-state index is 13.5. The third-order valence-corrected chi connectivity index (χ3v) is 10.6. The smallest absolute Gasteiger partial charge is 0.341 e. The number of aromatic carboxylic acids is 1. The van der Waals surface area contributed by atoms with Crippen molar-refractivity contribution in [3.63, 3.8) is 0 Å². The summed E-state index contributed by atoms with van der Waals surface area (Å²) in [5.74, 6) is -0.758. The predicted octanol–water partition coefficient (Wildman–Crippen LogP) is 4.81. The van der Waals surface area contributed by atoms with Gasteiger partial charge in [0.1, 0.15) is 16.1 Å². The molecule has 0 radical (unpaired) electrons. The first-order valence-corrected chi connectivity index (χ1v) is 15.5. The van der Waals surface area contributed by atoms with Crippen molar-refractivity contribution >= 4 is 49.6 Å². The van der Waals surface area contributed by atoms with E-state index in [-0.39, 0.29) is 16.5 Å². The summed E-state index contributed by atoms with van der Waals surface area (Å²) in [6.07, 6.45) is 5.50. The van der Waals surface area contributed by atoms with Gasteiger partial charge in [-0.25, -0.2) is 28.9 Å². The van der Waals surface area contributed by atoms with Crippen LogP contribution < -0.4 is 25.8 Å². The number of thiophene rings is 1. The Morgan fingerprint density at radius 2 is 2.02 bits per heavy atom. The second-order valence-corrected chi connectivity index (χ2v) is 13.2. The lowest BCUT2D eigenvalue weighted by atomic mass is 9.94. The van der Waals surface area contributed by atoms with Gasteiger partial charge in [-0.2, -0.15) is 4.94 Å². The van der Waals surface area contributed by atoms with Crippen molar-refractivity contribution in [2.75, 3.05) is 18.1 Å². The zero-order valence-electron chi connectivity index (χ0n) is 21.9. The highest BCUT2D eigenvalue weighted by Crippen LogP contribution is 2.47. The van der Waals surface area contributed by atoms with E-state index in [1.807, 2.05) is 10.6 Å². The van der Waals surface area contributed by atoms with Crippen LogP contribution in [0.5, 0.6) is 5.75 Å². The molecule has 1 fully saturated rings. The van der Waals surface area contributed by atoms with E-state index in [0.29, 0.717) is 34.4 Å². The van der Waals surface area contributed by atoms with Gasteiger partial charge < -0.3 is 14.4 Å². The minimum Gasteiger partial charge on any atom is -0.494 e. The van der Waals surface area contributed by atoms with Gasteiger partial charge in [0, 0.05) is 33.6 Å². The van der Waals surface area contributed by atoms with E-state index in [2.05, 4.69) is 15.7 Å². The van der Waals surface area contributed by atoms with E-state index in [0.717, 1.165) is 46.6 Å². The number of aromatic nitrogens is 1. The van der Waals surface area contributed by atoms with Crippen molar-refractivity contribution < 1.29 is 28.0 Å². The van der Waals surface area contributed by atoms with Gasteiger partial charge in [0.25, 0.3) is 0 Å². The molecule has 11 nitrogen and oxygen atoms in total. The van der Waals surface area contributed by atoms with E-state index < -0.39 is 27.5 Å². The highest BCUT2D eigenvalue weighted by atomic mass is 32.2. The summed E-state index contributed by atoms with van der Waals surface area (Å²) in [6.45, 7) is 0. The van der Waals surface area contributed by atoms with Gasteiger partial charge in [0.2, 0.25) is 15.5 Å². The second-order valence-electron chi connectivity index (χ2n) is 10.4. The average molecular weight is 595 g/mol. The Kier molecular flexibility index (Phi) is 6.08. The number of carbonyl (C=O) groups is 1. The van der Waals surface area contributed by atoms with Crippen LogP contribution in [0.4, 0.5) is 11.4 Å². The number of rotatable bonds is 7. The van der Waals surface area contributed by atoms with Crippen LogP contribution in [0, 0.1) is 0 Å². The number of fused-ring (bicyclic) bond motifs is 3. The molecule has 2 aliphatic carbocycles. The van der Waals surface area contributed by atoms with Crippen LogP contribution >= 0.6 is 11.3 Å². The number of nitrogens with one attached hydrogen (secondary N) is 3. The number of hydrogen-bond donors (Lipinski definition) is 4. The Hall–Kier alpha value is -3.91. The Labute approximate surface area is 238 Å². The molecule has 0 spiro atoms. The molecule has 2 aromatic heterocycles. The molecule has 212 valence electrons. The fourth-order valence-corrected chi connectivity index (χ4v) is 8.46. The lowest BCUT2D eigenvalue weighted by molar-refractivity contribution is 0.0694. The van der Waals surface area contributed by atoms with E-state index in [9.17, 15) is 23.1 Å². The van der Waals surface area contributed by atoms with Gasteiger partial charge in [0.15, 0.2) is 5.75 Å². The van der Waals surface area contributed by atoms with E-state index in [1.165, 1.54) is 12.3 Å². The number of aryl methyl sites for hydroxylation is 1. The molecule has 0 amide bonds. The highest BCUT2D eigenvalue weighted by Gasteiger charge is 2.33. The van der Waals surface area contributed by atoms with Crippen molar-refractivity contribution in [2.45, 2.75) is 49.1 Å². The lowest BCUT2D eigenvalue weighted by Gasteiger charge is -2.23. The van der Waals surface area contributed by atoms with Crippen molar-refractivity contribution in [3.8, 4) is 16.2 Å². The first-order chi connectivity index (χ1) is 19.8. The Bertz CT molecular complexity index is 1910. The molecule has 1 atom stereocenters. The molecule has 0 saturated heterocycles. The largest absolute Gasteiger partial charge is 0.494 e. The summed E-state index contributed by atoms with van der Waals surface area (Å²) in [6, 6.07) is 10.0. The van der Waals surface area contributed by atoms with Crippen molar-refractivity contribution in [3.05, 3.63) is 68.8 Å². The first kappa shape index (κ1) is 26.0. The van der Waals surface area contributed by atoms with Gasteiger partial charge >= 0.3 is 5.97 Å². The SMILES string of the molecule is COc1c(-c2cc3c(s2)CCCC3NS(=O)(=O)c2cccc3c2NON3)ccc2c(=O)c(C(=O)O)cn(C3CC3)c12. The number of hydrogen-bond acceptors (Lipinski definition) is 9. The fraction of sp³-hybridized carbons (Fsp3) is 0.286. The molecular formula is C28H26N4O7S2. The standard InChI is InChI=1S/C28H26N4O7S2/c1-38-27-15(10-11-16-25(27)32(14-8-9-14)13-18(26(16)33)28(34)35)22-12-17-19(4-2-6-21(17)40-22)31-41(36,37)23-7-3-5-20-24(23)30-39-29-20/h3,5,7,10-14,19,29-31H,2,4,6,8-9H2,1H3,(H,34,35). The van der Waals surface area contributed by atoms with Crippen molar-refractivity contribution in [2.24, 2.45) is 0 Å². The molecule has 0 bridgehead atoms. The van der Waals surface area contributed by atoms with Crippen molar-refractivity contribution in [1.82, 2.24) is 9.29 Å². The summed E-state index contributed by atoms with van der Waals surface area (Å²) >= 11 is 1.58. The van der Waals surface area contributed by atoms with Crippen LogP contribution in [0.1, 0.15) is 58.6 Å². The number of benzene rings is 2. The maximum absolute atomic E-state index is 13.5. The lowest BCUT2D eigenvalue weighted by Crippen LogP contribution is -2.30. The zero-order chi connectivity index (χ0) is 28.5. The molecule has 4 aromatic rings. The number of ether oxygens (including phenoxy) is 1. The first-order valence-electron chi connectivity index (χ1n) is 13.2. The topological polar surface area (TPSA) is 148 Å². The van der Waals surface area contributed by atoms with Gasteiger partial charge in [-0.05, 0) is 68.0 Å². The molecule has 7 rings (SSSR count). The Morgan fingerprint density at radius 1 is 1.20 bits per heavy atom. The van der Waals surface area contributed by atoms with Crippen LogP contribution in [0.2, 0.25) is 0 Å². The Balaban J connectivity index is 1.30. The van der Waals surface area contributed by atoms with Crippen LogP contribution in [0.3, 0.4) is 0 Å². The van der Waals surface area contributed by atoms with E-state index in [4.69, 9.17) is 9.68 Å².